The minimum atomic E-state index is -1.51. The molecule has 2 heterocycles. The number of hydrogen-bond donors (Lipinski definition) is 2. The highest BCUT2D eigenvalue weighted by Gasteiger charge is 2.65. The van der Waals surface area contributed by atoms with Gasteiger partial charge < -0.3 is 48.2 Å². The van der Waals surface area contributed by atoms with Crippen LogP contribution in [0.4, 0.5) is 4.79 Å². The van der Waals surface area contributed by atoms with Crippen molar-refractivity contribution in [2.75, 3.05) is 47.4 Å². The molecule has 4 aliphatic rings. The maximum atomic E-state index is 14.7. The third-order valence-corrected chi connectivity index (χ3v) is 12.4. The molecule has 63 heavy (non-hydrogen) atoms. The molecule has 3 aromatic rings. The van der Waals surface area contributed by atoms with Crippen LogP contribution in [-0.2, 0) is 20.9 Å². The van der Waals surface area contributed by atoms with Crippen molar-refractivity contribution in [3.63, 3.8) is 0 Å². The van der Waals surface area contributed by atoms with E-state index in [2.05, 4.69) is 24.4 Å². The highest BCUT2D eigenvalue weighted by Crippen LogP contribution is 2.62. The van der Waals surface area contributed by atoms with E-state index in [0.29, 0.717) is 65.0 Å². The molecule has 7 rings (SSSR count). The van der Waals surface area contributed by atoms with Gasteiger partial charge in [0.2, 0.25) is 12.6 Å². The fraction of sp³-hybridized carbons (Fsp3) is 0.449. The molecule has 1 fully saturated rings. The van der Waals surface area contributed by atoms with E-state index in [0.717, 1.165) is 48.7 Å². The molecule has 2 aliphatic heterocycles. The number of carbonyl (C=O) groups excluding carboxylic acids is 2. The lowest BCUT2D eigenvalue weighted by Crippen LogP contribution is -2.70. The standard InChI is InChI=1S/C49H58N2O12/c1-5-7-23-58-48(55)51(29-32-14-17-43-44(24-32)60-31-59-43)45-28-40(50-57-4)38-26-33(12-8-10-20-52)37(13-9-11-21-53)46-39-27-36(62-35-15-18-41(56-3)34(25-35)30-54)16-19-42(39)63-49(45,47(38)46)61-22-6-2/h5-6,14-19,24-27,30,33,37,45-47,52-53H,1-2,7-13,20-23,28-29,31H2,3-4H3. The van der Waals surface area contributed by atoms with Crippen molar-refractivity contribution < 1.29 is 57.8 Å². The van der Waals surface area contributed by atoms with Crippen LogP contribution in [0.25, 0.3) is 0 Å². The molecule has 2 aliphatic carbocycles. The summed E-state index contributed by atoms with van der Waals surface area (Å²) in [4.78, 5) is 33.8. The number of oxime groups is 1. The van der Waals surface area contributed by atoms with Gasteiger partial charge >= 0.3 is 6.09 Å². The van der Waals surface area contributed by atoms with Crippen LogP contribution < -0.4 is 23.7 Å². The van der Waals surface area contributed by atoms with Gasteiger partial charge in [0.05, 0.1) is 37.5 Å². The molecule has 0 saturated heterocycles. The Kier molecular flexibility index (Phi) is 15.1. The summed E-state index contributed by atoms with van der Waals surface area (Å²) in [6.07, 6.45) is 10.8. The normalized spacial score (nSPS) is 23.3. The van der Waals surface area contributed by atoms with E-state index in [4.69, 9.17) is 38.0 Å². The van der Waals surface area contributed by atoms with Crippen molar-refractivity contribution in [1.29, 1.82) is 0 Å². The summed E-state index contributed by atoms with van der Waals surface area (Å²) in [6.45, 7) is 8.37. The van der Waals surface area contributed by atoms with Crippen molar-refractivity contribution in [1.82, 2.24) is 4.90 Å². The Bertz CT molecular complexity index is 2170. The van der Waals surface area contributed by atoms with Gasteiger partial charge in [-0.25, -0.2) is 4.79 Å². The first-order valence-electron chi connectivity index (χ1n) is 21.7. The van der Waals surface area contributed by atoms with E-state index in [1.54, 1.807) is 35.3 Å². The summed E-state index contributed by atoms with van der Waals surface area (Å²) in [7, 11) is 3.02. The number of aldehydes is 1. The fourth-order valence-electron chi connectivity index (χ4n) is 9.68. The van der Waals surface area contributed by atoms with Crippen LogP contribution in [-0.4, -0.2) is 92.5 Å². The van der Waals surface area contributed by atoms with E-state index in [1.807, 2.05) is 36.4 Å². The number of carbonyl (C=O) groups is 2. The number of amides is 1. The van der Waals surface area contributed by atoms with E-state index in [-0.39, 0.29) is 63.9 Å². The van der Waals surface area contributed by atoms with Crippen LogP contribution in [0, 0.1) is 17.8 Å². The lowest BCUT2D eigenvalue weighted by atomic mass is 9.55. The number of aliphatic hydroxyl groups excluding tert-OH is 2. The molecular weight excluding hydrogens is 809 g/mol. The van der Waals surface area contributed by atoms with Gasteiger partial charge in [-0.3, -0.25) is 9.69 Å². The summed E-state index contributed by atoms with van der Waals surface area (Å²) >= 11 is 0. The molecule has 336 valence electrons. The SMILES string of the molecule is C=CCCOC(=O)N(Cc1ccc2c(c1)OCO2)C1CC(=NOC)C2=CC(CCCCO)C(CCCCO)C3c4cc(Oc5ccc(OC)c(C=O)c5)ccc4OC1(OCC=C)C23. The number of unbranched alkanes of at least 4 members (excludes halogenated alkanes) is 2. The Morgan fingerprint density at radius 3 is 2.44 bits per heavy atom. The van der Waals surface area contributed by atoms with Gasteiger partial charge in [0.25, 0.3) is 0 Å². The molecule has 0 radical (unpaired) electrons. The van der Waals surface area contributed by atoms with Gasteiger partial charge in [0.15, 0.2) is 17.8 Å². The number of hydrogen-bond acceptors (Lipinski definition) is 13. The minimum Gasteiger partial charge on any atom is -0.496 e. The Hall–Kier alpha value is -5.83. The van der Waals surface area contributed by atoms with Crippen LogP contribution in [0.1, 0.15) is 78.8 Å². The monoisotopic (exact) mass is 866 g/mol. The number of fused-ring (bicyclic) bond motifs is 3. The van der Waals surface area contributed by atoms with Gasteiger partial charge in [0, 0.05) is 37.7 Å². The first-order valence-corrected chi connectivity index (χ1v) is 21.7. The lowest BCUT2D eigenvalue weighted by Gasteiger charge is -2.59. The number of allylic oxidation sites excluding steroid dienone is 1. The zero-order valence-corrected chi connectivity index (χ0v) is 36.1. The average molecular weight is 867 g/mol. The third-order valence-electron chi connectivity index (χ3n) is 12.4. The molecular formula is C49H58N2O12. The smallest absolute Gasteiger partial charge is 0.410 e. The summed E-state index contributed by atoms with van der Waals surface area (Å²) < 4.78 is 43.5. The maximum absolute atomic E-state index is 14.7. The second-order valence-electron chi connectivity index (χ2n) is 16.1. The van der Waals surface area contributed by atoms with Gasteiger partial charge in [-0.15, -0.1) is 13.2 Å². The Balaban J connectivity index is 1.43. The lowest BCUT2D eigenvalue weighted by molar-refractivity contribution is -0.256. The zero-order chi connectivity index (χ0) is 44.3. The number of ether oxygens (including phenoxy) is 7. The molecule has 1 amide bonds. The summed E-state index contributed by atoms with van der Waals surface area (Å²) in [5.41, 5.74) is 3.53. The largest absolute Gasteiger partial charge is 0.496 e. The zero-order valence-electron chi connectivity index (χ0n) is 36.1. The number of nitrogens with zero attached hydrogens (tertiary/aromatic N) is 2. The number of benzene rings is 3. The third kappa shape index (κ3) is 9.58. The van der Waals surface area contributed by atoms with Crippen molar-refractivity contribution in [3.8, 4) is 34.5 Å². The van der Waals surface area contributed by atoms with Crippen LogP contribution >= 0.6 is 0 Å². The first-order chi connectivity index (χ1) is 30.8. The highest BCUT2D eigenvalue weighted by atomic mass is 16.7. The minimum absolute atomic E-state index is 0.0133. The van der Waals surface area contributed by atoms with Gasteiger partial charge in [-0.2, -0.15) is 0 Å². The summed E-state index contributed by atoms with van der Waals surface area (Å²) in [6, 6.07) is 15.5. The molecule has 6 unspecified atom stereocenters. The Morgan fingerprint density at radius 1 is 0.937 bits per heavy atom. The molecule has 0 aromatic heterocycles. The van der Waals surface area contributed by atoms with E-state index in [9.17, 15) is 19.8 Å². The molecule has 14 heteroatoms. The van der Waals surface area contributed by atoms with Crippen LogP contribution in [0.5, 0.6) is 34.5 Å². The van der Waals surface area contributed by atoms with Crippen LogP contribution in [0.3, 0.4) is 0 Å². The molecule has 6 atom stereocenters. The van der Waals surface area contributed by atoms with E-state index in [1.165, 1.54) is 14.2 Å². The van der Waals surface area contributed by atoms with E-state index >= 15 is 0 Å². The summed E-state index contributed by atoms with van der Waals surface area (Å²) in [5.74, 6) is 0.805. The van der Waals surface area contributed by atoms with Crippen molar-refractivity contribution >= 4 is 18.1 Å². The quantitative estimate of drug-likeness (QED) is 0.0429. The predicted octanol–water partition coefficient (Wildman–Crippen LogP) is 8.51. The molecule has 1 saturated carbocycles. The second kappa shape index (κ2) is 21.0. The maximum Gasteiger partial charge on any atom is 0.410 e. The number of methoxy groups -OCH3 is 1. The van der Waals surface area contributed by atoms with Gasteiger partial charge in [-0.1, -0.05) is 42.3 Å². The first kappa shape index (κ1) is 45.2. The van der Waals surface area contributed by atoms with Gasteiger partial charge in [0.1, 0.15) is 36.1 Å². The molecule has 3 aromatic carbocycles. The van der Waals surface area contributed by atoms with E-state index < -0.39 is 23.8 Å². The number of aliphatic hydroxyl groups is 2. The van der Waals surface area contributed by atoms with Crippen molar-refractivity contribution in [2.45, 2.75) is 75.7 Å². The van der Waals surface area contributed by atoms with Crippen LogP contribution in [0.15, 0.2) is 96.7 Å². The fourth-order valence-corrected chi connectivity index (χ4v) is 9.68. The highest BCUT2D eigenvalue weighted by molar-refractivity contribution is 6.03. The average Bonchev–Trinajstić information content (AvgIpc) is 3.77. The number of rotatable bonds is 22. The predicted molar refractivity (Wildman–Crippen MR) is 235 cm³/mol. The Labute approximate surface area is 368 Å². The van der Waals surface area contributed by atoms with Crippen LogP contribution in [0.2, 0.25) is 0 Å². The molecule has 0 bridgehead atoms. The Morgan fingerprint density at radius 2 is 1.70 bits per heavy atom. The van der Waals surface area contributed by atoms with Crippen molar-refractivity contribution in [2.24, 2.45) is 22.9 Å². The molecule has 2 N–H and O–H groups in total. The summed E-state index contributed by atoms with van der Waals surface area (Å²) in [5, 5.41) is 24.5. The van der Waals surface area contributed by atoms with Crippen molar-refractivity contribution in [3.05, 3.63) is 108 Å². The van der Waals surface area contributed by atoms with Gasteiger partial charge in [-0.05, 0) is 104 Å². The second-order valence-corrected chi connectivity index (χ2v) is 16.1. The topological polar surface area (TPSA) is 164 Å². The molecule has 0 spiro atoms. The molecule has 14 nitrogen and oxygen atoms in total.